The zero-order valence-corrected chi connectivity index (χ0v) is 16.8. The lowest BCUT2D eigenvalue weighted by molar-refractivity contribution is -0.136. The molecule has 7 nitrogen and oxygen atoms in total. The molecule has 0 unspecified atom stereocenters. The van der Waals surface area contributed by atoms with Gasteiger partial charge in [-0.1, -0.05) is 42.5 Å². The summed E-state index contributed by atoms with van der Waals surface area (Å²) in [5.41, 5.74) is 1.56. The average molecular weight is 405 g/mol. The lowest BCUT2D eigenvalue weighted by atomic mass is 9.98. The summed E-state index contributed by atoms with van der Waals surface area (Å²) in [6.07, 6.45) is 0. The van der Waals surface area contributed by atoms with Gasteiger partial charge in [-0.15, -0.1) is 0 Å². The molecule has 30 heavy (non-hydrogen) atoms. The van der Waals surface area contributed by atoms with Crippen molar-refractivity contribution in [1.82, 2.24) is 10.2 Å². The van der Waals surface area contributed by atoms with Gasteiger partial charge >= 0.3 is 11.8 Å². The van der Waals surface area contributed by atoms with Crippen molar-refractivity contribution in [2.45, 2.75) is 6.04 Å². The van der Waals surface area contributed by atoms with Crippen molar-refractivity contribution >= 4 is 28.3 Å². The fraction of sp³-hybridized carbons (Fsp3) is 0.217. The van der Waals surface area contributed by atoms with Crippen molar-refractivity contribution in [3.05, 3.63) is 66.2 Å². The zero-order chi connectivity index (χ0) is 21.1. The third-order valence-electron chi connectivity index (χ3n) is 5.10. The van der Waals surface area contributed by atoms with Gasteiger partial charge in [0.2, 0.25) is 6.79 Å². The standard InChI is InChI=1S/C23H23N3O4/c1-26(2)19(18-9-5-7-15-6-3-4-8-17(15)18)13-24-22(27)23(28)25-16-10-11-20-21(12-16)30-14-29-20/h3-12,19H,13-14H2,1-2H3,(H,24,27)(H,25,28)/t19-/m0/s1. The Balaban J connectivity index is 1.43. The monoisotopic (exact) mass is 405 g/mol. The molecule has 0 radical (unpaired) electrons. The Bertz CT molecular complexity index is 1090. The SMILES string of the molecule is CN(C)[C@@H](CNC(=O)C(=O)Nc1ccc2c(c1)OCO2)c1cccc2ccccc12. The largest absolute Gasteiger partial charge is 0.454 e. The number of nitrogens with one attached hydrogen (secondary N) is 2. The lowest BCUT2D eigenvalue weighted by Gasteiger charge is -2.26. The number of hydrogen-bond donors (Lipinski definition) is 2. The van der Waals surface area contributed by atoms with Gasteiger partial charge < -0.3 is 25.0 Å². The van der Waals surface area contributed by atoms with Crippen LogP contribution in [0.2, 0.25) is 0 Å². The summed E-state index contributed by atoms with van der Waals surface area (Å²) >= 11 is 0. The summed E-state index contributed by atoms with van der Waals surface area (Å²) < 4.78 is 10.5. The van der Waals surface area contributed by atoms with Gasteiger partial charge in [-0.2, -0.15) is 0 Å². The number of ether oxygens (including phenoxy) is 2. The van der Waals surface area contributed by atoms with E-state index in [0.29, 0.717) is 23.7 Å². The van der Waals surface area contributed by atoms with Crippen LogP contribution in [0.25, 0.3) is 10.8 Å². The van der Waals surface area contributed by atoms with Gasteiger partial charge in [0.1, 0.15) is 0 Å². The normalized spacial score (nSPS) is 13.3. The number of likely N-dealkylation sites (N-methyl/N-ethyl adjacent to an activating group) is 1. The highest BCUT2D eigenvalue weighted by atomic mass is 16.7. The van der Waals surface area contributed by atoms with Crippen LogP contribution in [0.15, 0.2) is 60.7 Å². The van der Waals surface area contributed by atoms with E-state index in [4.69, 9.17) is 9.47 Å². The Kier molecular flexibility index (Phi) is 5.54. The molecule has 1 aliphatic heterocycles. The number of rotatable bonds is 5. The molecule has 0 fully saturated rings. The molecular weight excluding hydrogens is 382 g/mol. The number of anilines is 1. The van der Waals surface area contributed by atoms with E-state index in [1.807, 2.05) is 43.3 Å². The summed E-state index contributed by atoms with van der Waals surface area (Å²) in [7, 11) is 3.90. The van der Waals surface area contributed by atoms with Gasteiger partial charge in [0.15, 0.2) is 11.5 Å². The predicted octanol–water partition coefficient (Wildman–Crippen LogP) is 2.93. The maximum absolute atomic E-state index is 12.4. The molecular formula is C23H23N3O4. The first-order valence-electron chi connectivity index (χ1n) is 9.66. The average Bonchev–Trinajstić information content (AvgIpc) is 3.21. The quantitative estimate of drug-likeness (QED) is 0.638. The van der Waals surface area contributed by atoms with E-state index in [-0.39, 0.29) is 12.8 Å². The van der Waals surface area contributed by atoms with Crippen LogP contribution >= 0.6 is 0 Å². The topological polar surface area (TPSA) is 79.9 Å². The second-order valence-electron chi connectivity index (χ2n) is 7.28. The number of hydrogen-bond acceptors (Lipinski definition) is 5. The minimum absolute atomic E-state index is 0.0848. The fourth-order valence-corrected chi connectivity index (χ4v) is 3.54. The first-order chi connectivity index (χ1) is 14.5. The van der Waals surface area contributed by atoms with Gasteiger partial charge in [-0.3, -0.25) is 9.59 Å². The molecule has 1 atom stereocenters. The maximum Gasteiger partial charge on any atom is 0.313 e. The Hall–Kier alpha value is -3.58. The van der Waals surface area contributed by atoms with Crippen LogP contribution in [0.4, 0.5) is 5.69 Å². The van der Waals surface area contributed by atoms with Crippen molar-refractivity contribution in [3.63, 3.8) is 0 Å². The van der Waals surface area contributed by atoms with E-state index in [0.717, 1.165) is 16.3 Å². The second-order valence-corrected chi connectivity index (χ2v) is 7.28. The van der Waals surface area contributed by atoms with Gasteiger partial charge in [0.05, 0.1) is 6.04 Å². The first-order valence-corrected chi connectivity index (χ1v) is 9.66. The molecule has 3 aromatic rings. The predicted molar refractivity (Wildman–Crippen MR) is 115 cm³/mol. The lowest BCUT2D eigenvalue weighted by Crippen LogP contribution is -2.40. The van der Waals surface area contributed by atoms with Gasteiger partial charge in [-0.25, -0.2) is 0 Å². The summed E-state index contributed by atoms with van der Waals surface area (Å²) in [4.78, 5) is 26.8. The molecule has 0 saturated carbocycles. The summed E-state index contributed by atoms with van der Waals surface area (Å²) in [6.45, 7) is 0.446. The van der Waals surface area contributed by atoms with Crippen LogP contribution in [0.5, 0.6) is 11.5 Å². The highest BCUT2D eigenvalue weighted by Crippen LogP contribution is 2.34. The minimum Gasteiger partial charge on any atom is -0.454 e. The van der Waals surface area contributed by atoms with Crippen molar-refractivity contribution < 1.29 is 19.1 Å². The van der Waals surface area contributed by atoms with Gasteiger partial charge in [0, 0.05) is 18.3 Å². The summed E-state index contributed by atoms with van der Waals surface area (Å²) in [6, 6.07) is 19.1. The molecule has 3 aromatic carbocycles. The van der Waals surface area contributed by atoms with Crippen molar-refractivity contribution in [3.8, 4) is 11.5 Å². The highest BCUT2D eigenvalue weighted by molar-refractivity contribution is 6.39. The number of fused-ring (bicyclic) bond motifs is 2. The molecule has 1 heterocycles. The smallest absolute Gasteiger partial charge is 0.313 e. The first kappa shape index (κ1) is 19.7. The van der Waals surface area contributed by atoms with Crippen molar-refractivity contribution in [1.29, 1.82) is 0 Å². The highest BCUT2D eigenvalue weighted by Gasteiger charge is 2.21. The van der Waals surface area contributed by atoms with Crippen LogP contribution in [0.3, 0.4) is 0 Å². The zero-order valence-electron chi connectivity index (χ0n) is 16.8. The summed E-state index contributed by atoms with van der Waals surface area (Å²) in [5.74, 6) is -0.276. The van der Waals surface area contributed by atoms with E-state index in [2.05, 4.69) is 28.8 Å². The van der Waals surface area contributed by atoms with E-state index >= 15 is 0 Å². The van der Waals surface area contributed by atoms with Crippen LogP contribution in [0, 0.1) is 0 Å². The molecule has 154 valence electrons. The third-order valence-corrected chi connectivity index (χ3v) is 5.10. The Morgan fingerprint density at radius 3 is 2.57 bits per heavy atom. The minimum atomic E-state index is -0.732. The molecule has 0 saturated heterocycles. The molecule has 1 aliphatic rings. The Labute approximate surface area is 174 Å². The number of carbonyl (C=O) groups excluding carboxylic acids is 2. The van der Waals surface area contributed by atoms with E-state index in [9.17, 15) is 9.59 Å². The maximum atomic E-state index is 12.4. The number of benzene rings is 3. The van der Waals surface area contributed by atoms with Crippen molar-refractivity contribution in [2.24, 2.45) is 0 Å². The van der Waals surface area contributed by atoms with Crippen LogP contribution in [-0.2, 0) is 9.59 Å². The molecule has 2 N–H and O–H groups in total. The summed E-state index contributed by atoms with van der Waals surface area (Å²) in [5, 5.41) is 7.60. The van der Waals surface area contributed by atoms with Gasteiger partial charge in [0.25, 0.3) is 0 Å². The van der Waals surface area contributed by atoms with E-state index in [1.54, 1.807) is 18.2 Å². The number of amides is 2. The number of nitrogens with zero attached hydrogens (tertiary/aromatic N) is 1. The number of carbonyl (C=O) groups is 2. The van der Waals surface area contributed by atoms with Gasteiger partial charge in [-0.05, 0) is 42.6 Å². The fourth-order valence-electron chi connectivity index (χ4n) is 3.54. The molecule has 0 aromatic heterocycles. The second kappa shape index (κ2) is 8.42. The third kappa shape index (κ3) is 4.06. The molecule has 0 aliphatic carbocycles. The van der Waals surface area contributed by atoms with Crippen LogP contribution in [0.1, 0.15) is 11.6 Å². The van der Waals surface area contributed by atoms with E-state index < -0.39 is 11.8 Å². The van der Waals surface area contributed by atoms with E-state index in [1.165, 1.54) is 0 Å². The molecule has 7 heteroatoms. The van der Waals surface area contributed by atoms with Crippen molar-refractivity contribution in [2.75, 3.05) is 32.7 Å². The molecule has 0 spiro atoms. The molecule has 2 amide bonds. The molecule has 0 bridgehead atoms. The Morgan fingerprint density at radius 1 is 0.967 bits per heavy atom. The Morgan fingerprint density at radius 2 is 1.73 bits per heavy atom. The van der Waals surface area contributed by atoms with Crippen LogP contribution in [-0.4, -0.2) is 44.1 Å². The molecule has 4 rings (SSSR count). The van der Waals surface area contributed by atoms with Crippen LogP contribution < -0.4 is 20.1 Å².